The second-order valence-corrected chi connectivity index (χ2v) is 7.00. The first-order valence-electron chi connectivity index (χ1n) is 8.73. The van der Waals surface area contributed by atoms with Crippen molar-refractivity contribution < 1.29 is 14.3 Å². The number of nitrogens with zero attached hydrogens (tertiary/aromatic N) is 1. The molecule has 3 saturated heterocycles. The summed E-state index contributed by atoms with van der Waals surface area (Å²) in [6.45, 7) is 3.76. The van der Waals surface area contributed by atoms with Gasteiger partial charge >= 0.3 is 6.09 Å². The summed E-state index contributed by atoms with van der Waals surface area (Å²) in [6.07, 6.45) is 2.14. The Kier molecular flexibility index (Phi) is 3.92. The molecule has 3 aliphatic rings. The van der Waals surface area contributed by atoms with E-state index < -0.39 is 5.60 Å². The van der Waals surface area contributed by atoms with Gasteiger partial charge in [-0.15, -0.1) is 0 Å². The van der Waals surface area contributed by atoms with Crippen LogP contribution in [0.15, 0.2) is 24.3 Å². The SMILES string of the molecule is O=C1NCC2(CCN(C(=O)c3ccccc3[C@H]3CCNC3)CC2)O1. The summed E-state index contributed by atoms with van der Waals surface area (Å²) in [5, 5.41) is 6.10. The molecule has 1 spiro atoms. The number of nitrogens with one attached hydrogen (secondary N) is 2. The maximum absolute atomic E-state index is 13.0. The molecule has 3 heterocycles. The van der Waals surface area contributed by atoms with Crippen molar-refractivity contribution in [2.45, 2.75) is 30.8 Å². The number of likely N-dealkylation sites (tertiary alicyclic amines) is 1. The lowest BCUT2D eigenvalue weighted by Crippen LogP contribution is -2.48. The molecular weight excluding hydrogens is 306 g/mol. The van der Waals surface area contributed by atoms with Crippen molar-refractivity contribution >= 4 is 12.0 Å². The first-order valence-corrected chi connectivity index (χ1v) is 8.73. The van der Waals surface area contributed by atoms with Gasteiger partial charge < -0.3 is 20.3 Å². The van der Waals surface area contributed by atoms with Crippen molar-refractivity contribution in [1.82, 2.24) is 15.5 Å². The highest BCUT2D eigenvalue weighted by Gasteiger charge is 2.43. The molecule has 6 nitrogen and oxygen atoms in total. The number of hydrogen-bond donors (Lipinski definition) is 2. The van der Waals surface area contributed by atoms with Crippen LogP contribution >= 0.6 is 0 Å². The Bertz CT molecular complexity index is 647. The second-order valence-electron chi connectivity index (χ2n) is 7.00. The lowest BCUT2D eigenvalue weighted by Gasteiger charge is -2.37. The quantitative estimate of drug-likeness (QED) is 0.862. The van der Waals surface area contributed by atoms with Crippen molar-refractivity contribution in [3.8, 4) is 0 Å². The van der Waals surface area contributed by atoms with Gasteiger partial charge in [0.2, 0.25) is 0 Å². The molecule has 0 bridgehead atoms. The zero-order chi connectivity index (χ0) is 16.6. The van der Waals surface area contributed by atoms with E-state index in [0.29, 0.717) is 38.4 Å². The number of ether oxygens (including phenoxy) is 1. The van der Waals surface area contributed by atoms with Gasteiger partial charge in [-0.25, -0.2) is 4.79 Å². The van der Waals surface area contributed by atoms with E-state index in [-0.39, 0.29) is 12.0 Å². The fourth-order valence-corrected chi connectivity index (χ4v) is 4.04. The lowest BCUT2D eigenvalue weighted by molar-refractivity contribution is 0.00327. The highest BCUT2D eigenvalue weighted by Crippen LogP contribution is 2.31. The minimum atomic E-state index is -0.414. The zero-order valence-electron chi connectivity index (χ0n) is 13.7. The highest BCUT2D eigenvalue weighted by atomic mass is 16.6. The Balaban J connectivity index is 1.48. The molecule has 0 saturated carbocycles. The van der Waals surface area contributed by atoms with E-state index in [9.17, 15) is 9.59 Å². The number of benzene rings is 1. The summed E-state index contributed by atoms with van der Waals surface area (Å²) in [6, 6.07) is 7.98. The van der Waals surface area contributed by atoms with Crippen LogP contribution in [0, 0.1) is 0 Å². The number of rotatable bonds is 2. The predicted octanol–water partition coefficient (Wildman–Crippen LogP) is 1.48. The van der Waals surface area contributed by atoms with Crippen LogP contribution in [0.3, 0.4) is 0 Å². The molecule has 0 unspecified atom stereocenters. The summed E-state index contributed by atoms with van der Waals surface area (Å²) < 4.78 is 5.43. The maximum atomic E-state index is 13.0. The Hall–Kier alpha value is -2.08. The fourth-order valence-electron chi connectivity index (χ4n) is 4.04. The number of amides is 2. The van der Waals surface area contributed by atoms with Gasteiger partial charge in [-0.3, -0.25) is 4.79 Å². The van der Waals surface area contributed by atoms with E-state index in [2.05, 4.69) is 16.7 Å². The molecule has 128 valence electrons. The van der Waals surface area contributed by atoms with Gasteiger partial charge in [-0.2, -0.15) is 0 Å². The Morgan fingerprint density at radius 1 is 1.25 bits per heavy atom. The van der Waals surface area contributed by atoms with Crippen molar-refractivity contribution in [3.63, 3.8) is 0 Å². The van der Waals surface area contributed by atoms with Crippen molar-refractivity contribution in [3.05, 3.63) is 35.4 Å². The molecule has 3 aliphatic heterocycles. The number of alkyl carbamates (subject to hydrolysis) is 1. The van der Waals surface area contributed by atoms with Crippen LogP contribution in [0.1, 0.15) is 41.1 Å². The van der Waals surface area contributed by atoms with Gasteiger partial charge in [0.15, 0.2) is 0 Å². The van der Waals surface area contributed by atoms with Gasteiger partial charge in [-0.05, 0) is 30.5 Å². The maximum Gasteiger partial charge on any atom is 0.407 e. The molecule has 3 fully saturated rings. The normalized spacial score (nSPS) is 25.6. The van der Waals surface area contributed by atoms with Crippen LogP contribution in [0.5, 0.6) is 0 Å². The predicted molar refractivity (Wildman–Crippen MR) is 89.0 cm³/mol. The lowest BCUT2D eigenvalue weighted by atomic mass is 9.89. The monoisotopic (exact) mass is 329 g/mol. The Morgan fingerprint density at radius 3 is 2.71 bits per heavy atom. The fraction of sp³-hybridized carbons (Fsp3) is 0.556. The van der Waals surface area contributed by atoms with Crippen LogP contribution < -0.4 is 10.6 Å². The van der Waals surface area contributed by atoms with Crippen LogP contribution in [0.25, 0.3) is 0 Å². The molecule has 0 aliphatic carbocycles. The second kappa shape index (κ2) is 6.09. The number of carbonyl (C=O) groups is 2. The summed E-state index contributed by atoms with van der Waals surface area (Å²) in [4.78, 5) is 26.3. The van der Waals surface area contributed by atoms with E-state index in [0.717, 1.165) is 30.6 Å². The molecule has 4 rings (SSSR count). The molecule has 0 aromatic heterocycles. The molecular formula is C18H23N3O3. The largest absolute Gasteiger partial charge is 0.441 e. The molecule has 1 aromatic carbocycles. The first-order chi connectivity index (χ1) is 11.7. The number of carbonyl (C=O) groups excluding carboxylic acids is 2. The third-order valence-corrected chi connectivity index (χ3v) is 5.52. The minimum absolute atomic E-state index is 0.102. The topological polar surface area (TPSA) is 70.7 Å². The minimum Gasteiger partial charge on any atom is -0.441 e. The van der Waals surface area contributed by atoms with E-state index in [1.54, 1.807) is 0 Å². The smallest absolute Gasteiger partial charge is 0.407 e. The van der Waals surface area contributed by atoms with Gasteiger partial charge in [-0.1, -0.05) is 18.2 Å². The zero-order valence-corrected chi connectivity index (χ0v) is 13.7. The average Bonchev–Trinajstić information content (AvgIpc) is 3.26. The molecule has 24 heavy (non-hydrogen) atoms. The highest BCUT2D eigenvalue weighted by molar-refractivity contribution is 5.96. The Labute approximate surface area is 141 Å². The van der Waals surface area contributed by atoms with Crippen LogP contribution in [0.2, 0.25) is 0 Å². The van der Waals surface area contributed by atoms with Gasteiger partial charge in [0.1, 0.15) is 5.60 Å². The third-order valence-electron chi connectivity index (χ3n) is 5.52. The molecule has 0 radical (unpaired) electrons. The first kappa shape index (κ1) is 15.4. The average molecular weight is 329 g/mol. The van der Waals surface area contributed by atoms with Gasteiger partial charge in [0, 0.05) is 38.0 Å². The van der Waals surface area contributed by atoms with E-state index in [1.807, 2.05) is 23.1 Å². The molecule has 2 amide bonds. The van der Waals surface area contributed by atoms with Crippen LogP contribution in [0.4, 0.5) is 4.79 Å². The van der Waals surface area contributed by atoms with Crippen molar-refractivity contribution in [2.75, 3.05) is 32.7 Å². The molecule has 6 heteroatoms. The van der Waals surface area contributed by atoms with E-state index >= 15 is 0 Å². The van der Waals surface area contributed by atoms with Crippen molar-refractivity contribution in [2.24, 2.45) is 0 Å². The van der Waals surface area contributed by atoms with Gasteiger partial charge in [0.05, 0.1) is 6.54 Å². The van der Waals surface area contributed by atoms with E-state index in [1.165, 1.54) is 0 Å². The number of hydrogen-bond acceptors (Lipinski definition) is 4. The summed E-state index contributed by atoms with van der Waals surface area (Å²) in [5.41, 5.74) is 1.56. The third kappa shape index (κ3) is 2.75. The Morgan fingerprint density at radius 2 is 2.04 bits per heavy atom. The molecule has 2 N–H and O–H groups in total. The van der Waals surface area contributed by atoms with Crippen molar-refractivity contribution in [1.29, 1.82) is 0 Å². The summed E-state index contributed by atoms with van der Waals surface area (Å²) in [7, 11) is 0. The molecule has 1 atom stereocenters. The van der Waals surface area contributed by atoms with E-state index in [4.69, 9.17) is 4.74 Å². The van der Waals surface area contributed by atoms with Crippen LogP contribution in [-0.2, 0) is 4.74 Å². The summed E-state index contributed by atoms with van der Waals surface area (Å²) in [5.74, 6) is 0.519. The standard InChI is InChI=1S/C18H23N3O3/c22-16(15-4-2-1-3-14(15)13-5-8-19-11-13)21-9-6-18(7-10-21)12-20-17(23)24-18/h1-4,13,19H,5-12H2,(H,20,23)/t13-/m0/s1. The van der Waals surface area contributed by atoms with Gasteiger partial charge in [0.25, 0.3) is 5.91 Å². The molecule has 1 aromatic rings. The summed E-state index contributed by atoms with van der Waals surface area (Å²) >= 11 is 0. The number of piperidine rings is 1. The van der Waals surface area contributed by atoms with Crippen LogP contribution in [-0.4, -0.2) is 55.2 Å².